The van der Waals surface area contributed by atoms with Gasteiger partial charge in [0.05, 0.1) is 0 Å². The van der Waals surface area contributed by atoms with Crippen molar-refractivity contribution in [2.24, 2.45) is 0 Å². The Labute approximate surface area is 120 Å². The Bertz CT molecular complexity index is 682. The second kappa shape index (κ2) is 6.01. The molecule has 2 rings (SSSR count). The molecule has 6 nitrogen and oxygen atoms in total. The number of phenolic OH excluding ortho intramolecular Hbond substituents is 2. The minimum absolute atomic E-state index is 0.0416. The van der Waals surface area contributed by atoms with Crippen molar-refractivity contribution in [1.29, 1.82) is 0 Å². The molecule has 0 bridgehead atoms. The third-order valence-electron chi connectivity index (χ3n) is 2.50. The molecule has 7 heteroatoms. The van der Waals surface area contributed by atoms with Crippen molar-refractivity contribution in [3.63, 3.8) is 0 Å². The number of phosphoric ester groups is 1. The number of aromatic hydroxyl groups is 2. The lowest BCUT2D eigenvalue weighted by Crippen LogP contribution is -1.89. The van der Waals surface area contributed by atoms with Crippen LogP contribution in [0.3, 0.4) is 0 Å². The van der Waals surface area contributed by atoms with E-state index in [-0.39, 0.29) is 17.2 Å². The smallest absolute Gasteiger partial charge is 0.508 e. The van der Waals surface area contributed by atoms with E-state index in [0.29, 0.717) is 5.56 Å². The Balaban J connectivity index is 2.12. The minimum atomic E-state index is -4.55. The summed E-state index contributed by atoms with van der Waals surface area (Å²) in [7, 11) is -4.55. The molecule has 0 amide bonds. The largest absolute Gasteiger partial charge is 0.524 e. The maximum absolute atomic E-state index is 10.7. The Morgan fingerprint density at radius 2 is 1.38 bits per heavy atom. The second-order valence-electron chi connectivity index (χ2n) is 4.27. The summed E-state index contributed by atoms with van der Waals surface area (Å²) >= 11 is 0. The van der Waals surface area contributed by atoms with Crippen LogP contribution in [-0.4, -0.2) is 20.0 Å². The van der Waals surface area contributed by atoms with Gasteiger partial charge in [0.1, 0.15) is 17.2 Å². The molecule has 0 aliphatic heterocycles. The van der Waals surface area contributed by atoms with Crippen molar-refractivity contribution in [3.05, 3.63) is 53.6 Å². The first-order valence-corrected chi connectivity index (χ1v) is 7.41. The lowest BCUT2D eigenvalue weighted by Gasteiger charge is -2.06. The van der Waals surface area contributed by atoms with Gasteiger partial charge in [0.2, 0.25) is 0 Å². The van der Waals surface area contributed by atoms with E-state index >= 15 is 0 Å². The van der Waals surface area contributed by atoms with Gasteiger partial charge in [-0.25, -0.2) is 4.57 Å². The summed E-state index contributed by atoms with van der Waals surface area (Å²) in [5.41, 5.74) is 1.37. The fourth-order valence-corrected chi connectivity index (χ4v) is 2.08. The molecule has 0 aromatic heterocycles. The van der Waals surface area contributed by atoms with E-state index in [9.17, 15) is 14.8 Å². The fraction of sp³-hybridized carbons (Fsp3) is 0. The predicted molar refractivity (Wildman–Crippen MR) is 77.8 cm³/mol. The van der Waals surface area contributed by atoms with Crippen LogP contribution in [0.1, 0.15) is 11.1 Å². The standard InChI is InChI=1S/C14H13O6P/c15-12-7-11(8-13(16)9-12)2-1-10-3-5-14(6-4-10)20-21(17,18)19/h1-9,15-16H,(H2,17,18,19). The second-order valence-corrected chi connectivity index (χ2v) is 5.43. The molecule has 0 saturated heterocycles. The van der Waals surface area contributed by atoms with Gasteiger partial charge in [-0.1, -0.05) is 24.3 Å². The van der Waals surface area contributed by atoms with E-state index in [2.05, 4.69) is 4.52 Å². The summed E-state index contributed by atoms with van der Waals surface area (Å²) in [6.45, 7) is 0. The minimum Gasteiger partial charge on any atom is -0.508 e. The normalized spacial score (nSPS) is 11.7. The quantitative estimate of drug-likeness (QED) is 0.511. The van der Waals surface area contributed by atoms with Crippen LogP contribution in [0.4, 0.5) is 0 Å². The third-order valence-corrected chi connectivity index (χ3v) is 2.95. The molecule has 2 aromatic rings. The first-order valence-electron chi connectivity index (χ1n) is 5.88. The zero-order chi connectivity index (χ0) is 15.5. The van der Waals surface area contributed by atoms with Crippen LogP contribution in [0.25, 0.3) is 12.2 Å². The number of hydrogen-bond donors (Lipinski definition) is 4. The molecule has 0 heterocycles. The van der Waals surface area contributed by atoms with Crippen molar-refractivity contribution < 1.29 is 29.1 Å². The Hall–Kier alpha value is -2.27. The molecule has 0 radical (unpaired) electrons. The topological polar surface area (TPSA) is 107 Å². The average Bonchev–Trinajstić information content (AvgIpc) is 2.35. The monoisotopic (exact) mass is 308 g/mol. The fourth-order valence-electron chi connectivity index (χ4n) is 1.68. The molecular weight excluding hydrogens is 295 g/mol. The van der Waals surface area contributed by atoms with Gasteiger partial charge < -0.3 is 14.7 Å². The van der Waals surface area contributed by atoms with Crippen molar-refractivity contribution in [2.75, 3.05) is 0 Å². The van der Waals surface area contributed by atoms with Crippen molar-refractivity contribution in [2.45, 2.75) is 0 Å². The summed E-state index contributed by atoms with van der Waals surface area (Å²) in [5.74, 6) is -0.0180. The highest BCUT2D eigenvalue weighted by atomic mass is 31.2. The first-order chi connectivity index (χ1) is 9.82. The highest BCUT2D eigenvalue weighted by molar-refractivity contribution is 7.46. The van der Waals surface area contributed by atoms with Crippen LogP contribution in [0.2, 0.25) is 0 Å². The van der Waals surface area contributed by atoms with Gasteiger partial charge in [-0.3, -0.25) is 9.79 Å². The third kappa shape index (κ3) is 4.96. The van der Waals surface area contributed by atoms with E-state index in [1.54, 1.807) is 24.3 Å². The van der Waals surface area contributed by atoms with E-state index in [1.165, 1.54) is 30.3 Å². The lowest BCUT2D eigenvalue weighted by molar-refractivity contribution is 0.283. The molecule has 0 saturated carbocycles. The number of phenols is 2. The van der Waals surface area contributed by atoms with Gasteiger partial charge in [-0.05, 0) is 35.4 Å². The number of benzene rings is 2. The van der Waals surface area contributed by atoms with Gasteiger partial charge >= 0.3 is 7.82 Å². The Kier molecular flexibility index (Phi) is 4.33. The first kappa shape index (κ1) is 15.1. The summed E-state index contributed by atoms with van der Waals surface area (Å²) < 4.78 is 15.1. The zero-order valence-corrected chi connectivity index (χ0v) is 11.6. The summed E-state index contributed by atoms with van der Waals surface area (Å²) in [6.07, 6.45) is 3.40. The zero-order valence-electron chi connectivity index (χ0n) is 10.7. The van der Waals surface area contributed by atoms with Crippen molar-refractivity contribution in [1.82, 2.24) is 0 Å². The molecule has 0 unspecified atom stereocenters. The van der Waals surface area contributed by atoms with E-state index < -0.39 is 7.82 Å². The molecule has 110 valence electrons. The van der Waals surface area contributed by atoms with E-state index in [0.717, 1.165) is 5.56 Å². The number of rotatable bonds is 4. The van der Waals surface area contributed by atoms with Crippen LogP contribution in [0.5, 0.6) is 17.2 Å². The van der Waals surface area contributed by atoms with Crippen LogP contribution in [0.15, 0.2) is 42.5 Å². The summed E-state index contributed by atoms with van der Waals surface area (Å²) in [6, 6.07) is 10.3. The molecule has 4 N–H and O–H groups in total. The maximum atomic E-state index is 10.7. The summed E-state index contributed by atoms with van der Waals surface area (Å²) in [4.78, 5) is 17.3. The molecular formula is C14H13O6P. The van der Waals surface area contributed by atoms with Crippen LogP contribution in [0, 0.1) is 0 Å². The molecule has 0 aliphatic carbocycles. The van der Waals surface area contributed by atoms with E-state index in [4.69, 9.17) is 9.79 Å². The molecule has 0 spiro atoms. The van der Waals surface area contributed by atoms with Gasteiger partial charge in [0.25, 0.3) is 0 Å². The van der Waals surface area contributed by atoms with Gasteiger partial charge in [-0.2, -0.15) is 0 Å². The van der Waals surface area contributed by atoms with Crippen LogP contribution >= 0.6 is 7.82 Å². The molecule has 21 heavy (non-hydrogen) atoms. The van der Waals surface area contributed by atoms with Crippen molar-refractivity contribution in [3.8, 4) is 17.2 Å². The SMILES string of the molecule is O=P(O)(O)Oc1ccc(C=Cc2cc(O)cc(O)c2)cc1. The number of hydrogen-bond acceptors (Lipinski definition) is 4. The highest BCUT2D eigenvalue weighted by Crippen LogP contribution is 2.37. The molecule has 0 fully saturated rings. The van der Waals surface area contributed by atoms with Gasteiger partial charge in [0.15, 0.2) is 0 Å². The van der Waals surface area contributed by atoms with E-state index in [1.807, 2.05) is 0 Å². The molecule has 2 aromatic carbocycles. The highest BCUT2D eigenvalue weighted by Gasteiger charge is 2.15. The van der Waals surface area contributed by atoms with Crippen LogP contribution in [-0.2, 0) is 4.57 Å². The molecule has 0 aliphatic rings. The predicted octanol–water partition coefficient (Wildman–Crippen LogP) is 2.74. The Morgan fingerprint density at radius 1 is 0.857 bits per heavy atom. The number of phosphoric acid groups is 1. The summed E-state index contributed by atoms with van der Waals surface area (Å²) in [5, 5.41) is 18.7. The Morgan fingerprint density at radius 3 is 1.90 bits per heavy atom. The average molecular weight is 308 g/mol. The van der Waals surface area contributed by atoms with Gasteiger partial charge in [-0.15, -0.1) is 0 Å². The van der Waals surface area contributed by atoms with Crippen LogP contribution < -0.4 is 4.52 Å². The maximum Gasteiger partial charge on any atom is 0.524 e. The van der Waals surface area contributed by atoms with Crippen molar-refractivity contribution >= 4 is 20.0 Å². The van der Waals surface area contributed by atoms with Gasteiger partial charge in [0, 0.05) is 6.07 Å². The lowest BCUT2D eigenvalue weighted by atomic mass is 10.1. The molecule has 0 atom stereocenters.